The molecular weight excluding hydrogens is 208 g/mol. The molecule has 0 aliphatic heterocycles. The van der Waals surface area contributed by atoms with Gasteiger partial charge >= 0.3 is 5.97 Å². The molecule has 2 N–H and O–H groups in total. The number of carbonyl (C=O) groups is 1. The number of nitrogens with zero attached hydrogens (tertiary/aromatic N) is 1. The Morgan fingerprint density at radius 1 is 1.31 bits per heavy atom. The lowest BCUT2D eigenvalue weighted by atomic mass is 10.3. The maximum atomic E-state index is 12.1. The predicted molar refractivity (Wildman–Crippen MR) is 63.9 cm³/mol. The molecule has 0 aliphatic rings. The predicted octanol–water partition coefficient (Wildman–Crippen LogP) is 1.19. The molecule has 0 saturated heterocycles. The Kier molecular flexibility index (Phi) is 8.15. The summed E-state index contributed by atoms with van der Waals surface area (Å²) in [6.45, 7) is 6.85. The molecule has 0 aromatic carbocycles. The van der Waals surface area contributed by atoms with Gasteiger partial charge in [0.1, 0.15) is 0 Å². The number of rotatable bonds is 10. The fourth-order valence-corrected chi connectivity index (χ4v) is 1.52. The van der Waals surface area contributed by atoms with Crippen LogP contribution in [-0.2, 0) is 4.79 Å². The molecule has 0 rings (SSSR count). The highest BCUT2D eigenvalue weighted by molar-refractivity contribution is 5.66. The van der Waals surface area contributed by atoms with Crippen molar-refractivity contribution in [2.24, 2.45) is 0 Å². The number of carboxylic acids is 1. The summed E-state index contributed by atoms with van der Waals surface area (Å²) in [7, 11) is 0. The molecule has 16 heavy (non-hydrogen) atoms. The Labute approximate surface area is 97.6 Å². The van der Waals surface area contributed by atoms with Gasteiger partial charge in [-0.25, -0.2) is 0 Å². The Morgan fingerprint density at radius 2 is 2.00 bits per heavy atom. The van der Waals surface area contributed by atoms with E-state index in [1.54, 1.807) is 0 Å². The van der Waals surface area contributed by atoms with Crippen LogP contribution in [0, 0.1) is 5.21 Å². The van der Waals surface area contributed by atoms with Crippen molar-refractivity contribution in [2.45, 2.75) is 33.1 Å². The van der Waals surface area contributed by atoms with Gasteiger partial charge in [-0.3, -0.25) is 4.79 Å². The number of hydrogen-bond acceptors (Lipinski definition) is 3. The molecular formula is C11H24N2O3. The zero-order chi connectivity index (χ0) is 12.4. The van der Waals surface area contributed by atoms with Crippen LogP contribution in [0.4, 0.5) is 0 Å². The lowest BCUT2D eigenvalue weighted by Gasteiger charge is -2.41. The summed E-state index contributed by atoms with van der Waals surface area (Å²) in [5, 5.41) is 23.8. The highest BCUT2D eigenvalue weighted by atomic mass is 16.5. The second-order valence-corrected chi connectivity index (χ2v) is 4.07. The van der Waals surface area contributed by atoms with E-state index in [-0.39, 0.29) is 17.6 Å². The van der Waals surface area contributed by atoms with Crippen LogP contribution in [0.25, 0.3) is 0 Å². The van der Waals surface area contributed by atoms with Crippen molar-refractivity contribution in [3.05, 3.63) is 5.21 Å². The first-order valence-electron chi connectivity index (χ1n) is 6.03. The van der Waals surface area contributed by atoms with Crippen molar-refractivity contribution in [3.63, 3.8) is 0 Å². The second-order valence-electron chi connectivity index (χ2n) is 4.07. The molecule has 0 amide bonds. The standard InChI is InChI=1S/C11H24N2O3/c1-3-7-12-8-5-9-13(16,4-2)10-6-11(14)15/h12H,3-10H2,1-2H3,(H,14,15). The Balaban J connectivity index is 3.74. The SMILES string of the molecule is CCCNCCC[N+]([O-])(CC)CCC(=O)O. The Morgan fingerprint density at radius 3 is 2.50 bits per heavy atom. The largest absolute Gasteiger partial charge is 0.633 e. The highest BCUT2D eigenvalue weighted by Gasteiger charge is 2.15. The lowest BCUT2D eigenvalue weighted by molar-refractivity contribution is -0.878. The van der Waals surface area contributed by atoms with E-state index in [1.807, 2.05) is 6.92 Å². The van der Waals surface area contributed by atoms with Crippen LogP contribution in [0.15, 0.2) is 0 Å². The number of quaternary nitrogens is 1. The van der Waals surface area contributed by atoms with Crippen molar-refractivity contribution >= 4 is 5.97 Å². The summed E-state index contributed by atoms with van der Waals surface area (Å²) in [6, 6.07) is 0. The van der Waals surface area contributed by atoms with Crippen LogP contribution in [0.1, 0.15) is 33.1 Å². The highest BCUT2D eigenvalue weighted by Crippen LogP contribution is 2.06. The van der Waals surface area contributed by atoms with Crippen LogP contribution in [-0.4, -0.2) is 48.4 Å². The van der Waals surface area contributed by atoms with E-state index in [2.05, 4.69) is 12.2 Å². The molecule has 96 valence electrons. The molecule has 0 heterocycles. The fraction of sp³-hybridized carbons (Fsp3) is 0.909. The maximum absolute atomic E-state index is 12.1. The Bertz CT molecular complexity index is 200. The van der Waals surface area contributed by atoms with Gasteiger partial charge in [-0.1, -0.05) is 6.92 Å². The van der Waals surface area contributed by atoms with Gasteiger partial charge < -0.3 is 20.3 Å². The molecule has 0 spiro atoms. The van der Waals surface area contributed by atoms with Gasteiger partial charge in [-0.2, -0.15) is 0 Å². The van der Waals surface area contributed by atoms with E-state index in [1.165, 1.54) is 0 Å². The smallest absolute Gasteiger partial charge is 0.309 e. The van der Waals surface area contributed by atoms with Gasteiger partial charge in [0.05, 0.1) is 26.1 Å². The van der Waals surface area contributed by atoms with Crippen LogP contribution < -0.4 is 5.32 Å². The minimum atomic E-state index is -0.893. The van der Waals surface area contributed by atoms with Crippen molar-refractivity contribution in [2.75, 3.05) is 32.7 Å². The minimum Gasteiger partial charge on any atom is -0.633 e. The van der Waals surface area contributed by atoms with Gasteiger partial charge in [0.15, 0.2) is 0 Å². The molecule has 0 fully saturated rings. The third-order valence-corrected chi connectivity index (χ3v) is 2.66. The average molecular weight is 232 g/mol. The number of carboxylic acid groups (broad SMARTS) is 1. The van der Waals surface area contributed by atoms with E-state index in [0.29, 0.717) is 13.1 Å². The molecule has 5 heteroatoms. The van der Waals surface area contributed by atoms with E-state index >= 15 is 0 Å². The van der Waals surface area contributed by atoms with Crippen molar-refractivity contribution < 1.29 is 14.5 Å². The summed E-state index contributed by atoms with van der Waals surface area (Å²) >= 11 is 0. The molecule has 0 aliphatic carbocycles. The van der Waals surface area contributed by atoms with Crippen LogP contribution in [0.5, 0.6) is 0 Å². The van der Waals surface area contributed by atoms with Crippen molar-refractivity contribution in [3.8, 4) is 0 Å². The van der Waals surface area contributed by atoms with Gasteiger partial charge in [0.25, 0.3) is 0 Å². The first-order chi connectivity index (χ1) is 7.54. The minimum absolute atomic E-state index is 0.0419. The van der Waals surface area contributed by atoms with E-state index in [0.717, 1.165) is 25.9 Å². The number of hydrogen-bond donors (Lipinski definition) is 2. The molecule has 0 radical (unpaired) electrons. The molecule has 0 saturated carbocycles. The number of aliphatic carboxylic acids is 1. The molecule has 5 nitrogen and oxygen atoms in total. The van der Waals surface area contributed by atoms with Crippen LogP contribution >= 0.6 is 0 Å². The van der Waals surface area contributed by atoms with E-state index in [9.17, 15) is 10.0 Å². The quantitative estimate of drug-likeness (QED) is 0.337. The summed E-state index contributed by atoms with van der Waals surface area (Å²) in [5.74, 6) is -0.893. The zero-order valence-corrected chi connectivity index (χ0v) is 10.4. The summed E-state index contributed by atoms with van der Waals surface area (Å²) < 4.78 is -0.389. The summed E-state index contributed by atoms with van der Waals surface area (Å²) in [5.41, 5.74) is 0. The summed E-state index contributed by atoms with van der Waals surface area (Å²) in [6.07, 6.45) is 1.85. The zero-order valence-electron chi connectivity index (χ0n) is 10.4. The molecule has 1 atom stereocenters. The maximum Gasteiger partial charge on any atom is 0.309 e. The third-order valence-electron chi connectivity index (χ3n) is 2.66. The monoisotopic (exact) mass is 232 g/mol. The molecule has 0 aromatic rings. The topological polar surface area (TPSA) is 72.4 Å². The first kappa shape index (κ1) is 15.3. The van der Waals surface area contributed by atoms with E-state index in [4.69, 9.17) is 5.11 Å². The van der Waals surface area contributed by atoms with Crippen molar-refractivity contribution in [1.29, 1.82) is 0 Å². The van der Waals surface area contributed by atoms with Crippen LogP contribution in [0.3, 0.4) is 0 Å². The number of nitrogens with one attached hydrogen (secondary N) is 1. The normalized spacial score (nSPS) is 14.7. The molecule has 1 unspecified atom stereocenters. The molecule has 0 aromatic heterocycles. The van der Waals surface area contributed by atoms with Gasteiger partial charge in [0.2, 0.25) is 0 Å². The van der Waals surface area contributed by atoms with Crippen molar-refractivity contribution in [1.82, 2.24) is 5.32 Å². The lowest BCUT2D eigenvalue weighted by Crippen LogP contribution is -2.45. The van der Waals surface area contributed by atoms with Crippen LogP contribution in [0.2, 0.25) is 0 Å². The number of hydroxylamine groups is 3. The molecule has 0 bridgehead atoms. The fourth-order valence-electron chi connectivity index (χ4n) is 1.52. The Hall–Kier alpha value is -0.650. The summed E-state index contributed by atoms with van der Waals surface area (Å²) in [4.78, 5) is 10.4. The van der Waals surface area contributed by atoms with Gasteiger partial charge in [-0.05, 0) is 19.9 Å². The third kappa shape index (κ3) is 7.62. The second kappa shape index (κ2) is 8.50. The van der Waals surface area contributed by atoms with Gasteiger partial charge in [-0.15, -0.1) is 0 Å². The first-order valence-corrected chi connectivity index (χ1v) is 6.03. The van der Waals surface area contributed by atoms with Gasteiger partial charge in [0, 0.05) is 13.0 Å². The van der Waals surface area contributed by atoms with E-state index < -0.39 is 5.97 Å². The average Bonchev–Trinajstić information content (AvgIpc) is 2.26.